The number of furan rings is 1. The number of nitrogens with zero attached hydrogens (tertiary/aromatic N) is 4. The number of rotatable bonds is 3. The van der Waals surface area contributed by atoms with Crippen LogP contribution < -0.4 is 0 Å². The van der Waals surface area contributed by atoms with Crippen LogP contribution >= 0.6 is 0 Å². The van der Waals surface area contributed by atoms with E-state index in [1.54, 1.807) is 0 Å². The number of hydrogen-bond acceptors (Lipinski definition) is 4. The number of benzene rings is 5. The highest BCUT2D eigenvalue weighted by atomic mass is 16.3. The predicted molar refractivity (Wildman–Crippen MR) is 157 cm³/mol. The molecule has 0 radical (unpaired) electrons. The number of aromatic nitrogens is 4. The van der Waals surface area contributed by atoms with Crippen LogP contribution in [0.25, 0.3) is 71.9 Å². The van der Waals surface area contributed by atoms with Crippen molar-refractivity contribution in [2.24, 2.45) is 0 Å². The number of fused-ring (bicyclic) bond motifs is 6. The van der Waals surface area contributed by atoms with Gasteiger partial charge >= 0.3 is 0 Å². The van der Waals surface area contributed by atoms with Gasteiger partial charge in [-0.05, 0) is 72.1 Å². The normalized spacial score (nSPS) is 11.7. The molecule has 0 atom stereocenters. The van der Waals surface area contributed by atoms with E-state index in [1.165, 1.54) is 28.9 Å². The van der Waals surface area contributed by atoms with Crippen LogP contribution in [0.4, 0.5) is 0 Å². The molecule has 0 bridgehead atoms. The summed E-state index contributed by atoms with van der Waals surface area (Å²) in [5.74, 6) is 0.669. The minimum atomic E-state index is 0.669. The Balaban J connectivity index is 1.36. The molecule has 0 spiro atoms. The molecule has 0 amide bonds. The zero-order chi connectivity index (χ0) is 25.9. The van der Waals surface area contributed by atoms with Crippen molar-refractivity contribution in [3.05, 3.63) is 121 Å². The summed E-state index contributed by atoms with van der Waals surface area (Å²) in [6.07, 6.45) is 3.06. The minimum Gasteiger partial charge on any atom is -0.456 e. The van der Waals surface area contributed by atoms with E-state index >= 15 is 0 Å². The van der Waals surface area contributed by atoms with Gasteiger partial charge in [0.05, 0.1) is 11.0 Å². The van der Waals surface area contributed by atoms with Crippen LogP contribution in [0.3, 0.4) is 0 Å². The van der Waals surface area contributed by atoms with Gasteiger partial charge in [-0.25, -0.2) is 15.0 Å². The molecule has 0 aliphatic rings. The Morgan fingerprint density at radius 3 is 2.21 bits per heavy atom. The van der Waals surface area contributed by atoms with Gasteiger partial charge in [-0.2, -0.15) is 0 Å². The smallest absolute Gasteiger partial charge is 0.162 e. The number of hydrogen-bond donors (Lipinski definition) is 0. The lowest BCUT2D eigenvalue weighted by atomic mass is 9.98. The van der Waals surface area contributed by atoms with E-state index in [4.69, 9.17) is 4.42 Å². The molecule has 5 heteroatoms. The predicted octanol–water partition coefficient (Wildman–Crippen LogP) is 8.51. The Hall–Kier alpha value is -5.29. The highest BCUT2D eigenvalue weighted by molar-refractivity contribution is 6.17. The highest BCUT2D eigenvalue weighted by Gasteiger charge is 2.17. The van der Waals surface area contributed by atoms with Crippen molar-refractivity contribution in [1.82, 2.24) is 19.5 Å². The molecule has 5 aromatic carbocycles. The Labute approximate surface area is 224 Å². The van der Waals surface area contributed by atoms with Gasteiger partial charge in [-0.15, -0.1) is 0 Å². The largest absolute Gasteiger partial charge is 0.456 e. The van der Waals surface area contributed by atoms with E-state index in [1.807, 2.05) is 6.07 Å². The maximum absolute atomic E-state index is 6.41. The fourth-order valence-electron chi connectivity index (χ4n) is 5.74. The van der Waals surface area contributed by atoms with Crippen molar-refractivity contribution in [1.29, 1.82) is 0 Å². The van der Waals surface area contributed by atoms with Gasteiger partial charge in [0.1, 0.15) is 23.8 Å². The molecule has 0 aliphatic heterocycles. The SMILES string of the molecule is Cc1cc(-c2ccc3oc4cc5c(cc4c3c2)c2ccccc2n5-c2ccccc2)cc(-c2ncncn2)c1. The summed E-state index contributed by atoms with van der Waals surface area (Å²) in [7, 11) is 0. The molecular weight excluding hydrogens is 480 g/mol. The number of para-hydroxylation sites is 2. The van der Waals surface area contributed by atoms with Crippen LogP contribution in [0, 0.1) is 6.92 Å². The first-order valence-electron chi connectivity index (χ1n) is 12.9. The molecular formula is C34H22N4O. The first-order chi connectivity index (χ1) is 19.2. The summed E-state index contributed by atoms with van der Waals surface area (Å²) >= 11 is 0. The summed E-state index contributed by atoms with van der Waals surface area (Å²) in [5, 5.41) is 4.65. The Bertz CT molecular complexity index is 2180. The molecule has 0 fully saturated rings. The zero-order valence-electron chi connectivity index (χ0n) is 21.2. The fraction of sp³-hybridized carbons (Fsp3) is 0.0294. The summed E-state index contributed by atoms with van der Waals surface area (Å²) in [6, 6.07) is 36.4. The zero-order valence-corrected chi connectivity index (χ0v) is 21.2. The third-order valence-electron chi connectivity index (χ3n) is 7.44. The maximum Gasteiger partial charge on any atom is 0.162 e. The van der Waals surface area contributed by atoms with Crippen LogP contribution in [0.2, 0.25) is 0 Å². The van der Waals surface area contributed by atoms with Gasteiger partial charge in [0.2, 0.25) is 0 Å². The van der Waals surface area contributed by atoms with Crippen molar-refractivity contribution in [2.75, 3.05) is 0 Å². The highest BCUT2D eigenvalue weighted by Crippen LogP contribution is 2.39. The van der Waals surface area contributed by atoms with Crippen LogP contribution in [-0.2, 0) is 0 Å². The van der Waals surface area contributed by atoms with Crippen molar-refractivity contribution in [2.45, 2.75) is 6.92 Å². The molecule has 0 saturated heterocycles. The third kappa shape index (κ3) is 3.44. The summed E-state index contributed by atoms with van der Waals surface area (Å²) in [5.41, 5.74) is 9.56. The first-order valence-corrected chi connectivity index (χ1v) is 12.9. The molecule has 3 aromatic heterocycles. The third-order valence-corrected chi connectivity index (χ3v) is 7.44. The van der Waals surface area contributed by atoms with Gasteiger partial charge in [0, 0.05) is 38.9 Å². The monoisotopic (exact) mass is 502 g/mol. The van der Waals surface area contributed by atoms with Gasteiger partial charge in [0.15, 0.2) is 5.82 Å². The lowest BCUT2D eigenvalue weighted by Gasteiger charge is -2.07. The van der Waals surface area contributed by atoms with E-state index in [-0.39, 0.29) is 0 Å². The molecule has 8 rings (SSSR count). The Morgan fingerprint density at radius 2 is 1.33 bits per heavy atom. The lowest BCUT2D eigenvalue weighted by molar-refractivity contribution is 0.669. The molecule has 0 aliphatic carbocycles. The fourth-order valence-corrected chi connectivity index (χ4v) is 5.74. The van der Waals surface area contributed by atoms with E-state index in [0.717, 1.165) is 55.4 Å². The van der Waals surface area contributed by atoms with Gasteiger partial charge in [-0.1, -0.05) is 48.5 Å². The summed E-state index contributed by atoms with van der Waals surface area (Å²) in [4.78, 5) is 12.6. The number of aryl methyl sites for hydroxylation is 1. The second kappa shape index (κ2) is 8.36. The van der Waals surface area contributed by atoms with Crippen LogP contribution in [0.5, 0.6) is 0 Å². The molecule has 39 heavy (non-hydrogen) atoms. The van der Waals surface area contributed by atoms with Gasteiger partial charge in [0.25, 0.3) is 0 Å². The van der Waals surface area contributed by atoms with Crippen LogP contribution in [0.15, 0.2) is 120 Å². The second-order valence-corrected chi connectivity index (χ2v) is 9.92. The lowest BCUT2D eigenvalue weighted by Crippen LogP contribution is -1.92. The van der Waals surface area contributed by atoms with Crippen LogP contribution in [-0.4, -0.2) is 19.5 Å². The minimum absolute atomic E-state index is 0.669. The van der Waals surface area contributed by atoms with E-state index in [0.29, 0.717) is 5.82 Å². The average Bonchev–Trinajstić information content (AvgIpc) is 3.51. The van der Waals surface area contributed by atoms with E-state index in [9.17, 15) is 0 Å². The van der Waals surface area contributed by atoms with E-state index < -0.39 is 0 Å². The van der Waals surface area contributed by atoms with Gasteiger partial charge < -0.3 is 8.98 Å². The maximum atomic E-state index is 6.41. The van der Waals surface area contributed by atoms with Crippen molar-refractivity contribution >= 4 is 43.7 Å². The molecule has 3 heterocycles. The van der Waals surface area contributed by atoms with Crippen LogP contribution in [0.1, 0.15) is 5.56 Å². The summed E-state index contributed by atoms with van der Waals surface area (Å²) in [6.45, 7) is 2.10. The van der Waals surface area contributed by atoms with Crippen molar-refractivity contribution in [3.63, 3.8) is 0 Å². The topological polar surface area (TPSA) is 56.7 Å². The Kier molecular flexibility index (Phi) is 4.67. The molecule has 0 saturated carbocycles. The molecule has 184 valence electrons. The quantitative estimate of drug-likeness (QED) is 0.243. The standard InChI is InChI=1S/C34H22N4O/c1-21-13-23(15-24(14-21)34-36-19-35-20-37-34)22-11-12-32-28(16-22)29-17-27-26-9-5-6-10-30(26)38(25-7-3-2-4-8-25)31(27)18-33(29)39-32/h2-20H,1H3. The average molecular weight is 503 g/mol. The van der Waals surface area contributed by atoms with Gasteiger partial charge in [-0.3, -0.25) is 0 Å². The molecule has 8 aromatic rings. The van der Waals surface area contributed by atoms with E-state index in [2.05, 4.69) is 124 Å². The van der Waals surface area contributed by atoms with Crippen molar-refractivity contribution in [3.8, 4) is 28.2 Å². The molecule has 0 unspecified atom stereocenters. The second-order valence-electron chi connectivity index (χ2n) is 9.92. The molecule has 5 nitrogen and oxygen atoms in total. The Morgan fingerprint density at radius 1 is 0.564 bits per heavy atom. The first kappa shape index (κ1) is 21.8. The summed E-state index contributed by atoms with van der Waals surface area (Å²) < 4.78 is 8.73. The molecule has 0 N–H and O–H groups in total. The van der Waals surface area contributed by atoms with Crippen molar-refractivity contribution < 1.29 is 4.42 Å².